The van der Waals surface area contributed by atoms with Crippen LogP contribution in [0.25, 0.3) is 5.57 Å². The third-order valence-electron chi connectivity index (χ3n) is 9.71. The first-order valence-corrected chi connectivity index (χ1v) is 15.1. The van der Waals surface area contributed by atoms with Gasteiger partial charge in [0.1, 0.15) is 18.8 Å². The molecule has 0 spiro atoms. The quantitative estimate of drug-likeness (QED) is 0.299. The Labute approximate surface area is 245 Å². The highest BCUT2D eigenvalue weighted by Gasteiger charge is 2.50. The average Bonchev–Trinajstić information content (AvgIpc) is 3.33. The predicted molar refractivity (Wildman–Crippen MR) is 152 cm³/mol. The molecule has 2 aliphatic carbocycles. The molecule has 5 aliphatic rings. The van der Waals surface area contributed by atoms with Gasteiger partial charge in [-0.2, -0.15) is 0 Å². The number of nitrogens with zero attached hydrogens (tertiary/aromatic N) is 3. The molecule has 0 radical (unpaired) electrons. The van der Waals surface area contributed by atoms with Crippen molar-refractivity contribution in [3.8, 4) is 5.75 Å². The molecule has 2 saturated heterocycles. The van der Waals surface area contributed by atoms with E-state index in [1.54, 1.807) is 23.1 Å². The molecule has 0 aromatic heterocycles. The lowest BCUT2D eigenvalue weighted by Gasteiger charge is -2.42. The summed E-state index contributed by atoms with van der Waals surface area (Å²) in [6.07, 6.45) is 8.27. The fraction of sp³-hybridized carbons (Fsp3) is 0.562. The fourth-order valence-corrected chi connectivity index (χ4v) is 7.80. The number of fused-ring (bicyclic) bond motifs is 3. The van der Waals surface area contributed by atoms with Crippen LogP contribution in [0.15, 0.2) is 24.3 Å². The first-order chi connectivity index (χ1) is 20.0. The summed E-state index contributed by atoms with van der Waals surface area (Å²) in [5.74, 6) is -3.28. The smallest absolute Gasteiger partial charge is 0.331 e. The number of amides is 5. The van der Waals surface area contributed by atoms with E-state index in [4.69, 9.17) is 4.74 Å². The Balaban J connectivity index is 1.19. The number of esters is 1. The maximum Gasteiger partial charge on any atom is 0.331 e. The molecular weight excluding hydrogens is 538 g/mol. The summed E-state index contributed by atoms with van der Waals surface area (Å²) in [6.45, 7) is 4.92. The average molecular weight is 576 g/mol. The molecule has 6 rings (SSSR count). The van der Waals surface area contributed by atoms with Gasteiger partial charge in [-0.15, -0.1) is 0 Å². The van der Waals surface area contributed by atoms with Crippen LogP contribution in [0.1, 0.15) is 77.7 Å². The third-order valence-corrected chi connectivity index (χ3v) is 9.71. The maximum absolute atomic E-state index is 13.8. The van der Waals surface area contributed by atoms with Crippen molar-refractivity contribution in [2.75, 3.05) is 18.0 Å². The van der Waals surface area contributed by atoms with Crippen molar-refractivity contribution in [1.29, 1.82) is 0 Å². The van der Waals surface area contributed by atoms with E-state index in [1.807, 2.05) is 26.8 Å². The van der Waals surface area contributed by atoms with E-state index in [0.29, 0.717) is 36.9 Å². The molecule has 10 heteroatoms. The Kier molecular flexibility index (Phi) is 7.06. The highest BCUT2D eigenvalue weighted by molar-refractivity contribution is 6.10. The summed E-state index contributed by atoms with van der Waals surface area (Å²) >= 11 is 0. The topological polar surface area (TPSA) is 121 Å². The van der Waals surface area contributed by atoms with Gasteiger partial charge in [0, 0.05) is 5.56 Å². The summed E-state index contributed by atoms with van der Waals surface area (Å²) in [4.78, 5) is 82.0. The van der Waals surface area contributed by atoms with E-state index < -0.39 is 18.1 Å². The molecule has 0 N–H and O–H groups in total. The predicted octanol–water partition coefficient (Wildman–Crippen LogP) is 3.47. The van der Waals surface area contributed by atoms with Crippen molar-refractivity contribution in [3.63, 3.8) is 0 Å². The molecule has 3 aliphatic heterocycles. The van der Waals surface area contributed by atoms with Crippen LogP contribution in [0.3, 0.4) is 0 Å². The summed E-state index contributed by atoms with van der Waals surface area (Å²) < 4.78 is 5.57. The number of allylic oxidation sites excluding steroid dienone is 1. The number of anilines is 1. The van der Waals surface area contributed by atoms with Crippen LogP contribution in [0.4, 0.5) is 5.69 Å². The van der Waals surface area contributed by atoms with Crippen molar-refractivity contribution >= 4 is 46.8 Å². The molecule has 4 unspecified atom stereocenters. The Morgan fingerprint density at radius 2 is 1.26 bits per heavy atom. The van der Waals surface area contributed by atoms with E-state index in [-0.39, 0.29) is 65.5 Å². The SMILES string of the molecule is CC1=CC(C)(C)N(C(=O)CN2C(=O)C3CCCCC3C2=O)c2ccc(OC(=O)CN3C(=O)C4CCCCC4C3=O)cc21. The number of carbonyl (C=O) groups is 6. The van der Waals surface area contributed by atoms with E-state index in [2.05, 4.69) is 0 Å². The molecule has 10 nitrogen and oxygen atoms in total. The van der Waals surface area contributed by atoms with Gasteiger partial charge in [0.15, 0.2) is 0 Å². The lowest BCUT2D eigenvalue weighted by Crippen LogP contribution is -2.53. The van der Waals surface area contributed by atoms with Gasteiger partial charge in [-0.25, -0.2) is 4.79 Å². The van der Waals surface area contributed by atoms with Gasteiger partial charge in [-0.3, -0.25) is 33.8 Å². The van der Waals surface area contributed by atoms with Gasteiger partial charge >= 0.3 is 5.97 Å². The van der Waals surface area contributed by atoms with Crippen LogP contribution in [0, 0.1) is 23.7 Å². The van der Waals surface area contributed by atoms with Crippen LogP contribution < -0.4 is 9.64 Å². The Hall–Kier alpha value is -3.82. The molecule has 4 atom stereocenters. The van der Waals surface area contributed by atoms with E-state index in [0.717, 1.165) is 41.1 Å². The van der Waals surface area contributed by atoms with Crippen molar-refractivity contribution < 1.29 is 33.5 Å². The van der Waals surface area contributed by atoms with Crippen molar-refractivity contribution in [3.05, 3.63) is 29.8 Å². The number of imide groups is 2. The lowest BCUT2D eigenvalue weighted by atomic mass is 9.81. The van der Waals surface area contributed by atoms with Crippen LogP contribution in [-0.2, 0) is 28.8 Å². The molecule has 2 saturated carbocycles. The van der Waals surface area contributed by atoms with Gasteiger partial charge < -0.3 is 9.64 Å². The normalized spacial score (nSPS) is 28.4. The second-order valence-electron chi connectivity index (χ2n) is 12.9. The number of benzene rings is 1. The summed E-state index contributed by atoms with van der Waals surface area (Å²) in [7, 11) is 0. The number of hydrogen-bond donors (Lipinski definition) is 0. The summed E-state index contributed by atoms with van der Waals surface area (Å²) in [5.41, 5.74) is 1.37. The van der Waals surface area contributed by atoms with Crippen LogP contribution >= 0.6 is 0 Å². The third kappa shape index (κ3) is 4.65. The van der Waals surface area contributed by atoms with Crippen LogP contribution in [-0.4, -0.2) is 63.9 Å². The van der Waals surface area contributed by atoms with Gasteiger partial charge in [-0.05, 0) is 70.2 Å². The molecule has 5 amide bonds. The second kappa shape index (κ2) is 10.5. The lowest BCUT2D eigenvalue weighted by molar-refractivity contribution is -0.148. The molecule has 42 heavy (non-hydrogen) atoms. The van der Waals surface area contributed by atoms with Gasteiger partial charge in [0.2, 0.25) is 29.5 Å². The first kappa shape index (κ1) is 28.3. The zero-order chi connectivity index (χ0) is 29.9. The number of rotatable bonds is 5. The zero-order valence-electron chi connectivity index (χ0n) is 24.4. The van der Waals surface area contributed by atoms with Gasteiger partial charge in [0.25, 0.3) is 0 Å². The van der Waals surface area contributed by atoms with Gasteiger partial charge in [-0.1, -0.05) is 31.8 Å². The fourth-order valence-electron chi connectivity index (χ4n) is 7.80. The van der Waals surface area contributed by atoms with Crippen molar-refractivity contribution in [2.24, 2.45) is 23.7 Å². The largest absolute Gasteiger partial charge is 0.425 e. The number of hydrogen-bond acceptors (Lipinski definition) is 7. The van der Waals surface area contributed by atoms with E-state index in [1.165, 1.54) is 0 Å². The number of ether oxygens (including phenoxy) is 1. The Morgan fingerprint density at radius 1 is 0.786 bits per heavy atom. The zero-order valence-corrected chi connectivity index (χ0v) is 24.4. The summed E-state index contributed by atoms with van der Waals surface area (Å²) in [5, 5.41) is 0. The molecule has 3 heterocycles. The molecule has 4 fully saturated rings. The van der Waals surface area contributed by atoms with Crippen molar-refractivity contribution in [1.82, 2.24) is 9.80 Å². The molecule has 222 valence electrons. The first-order valence-electron chi connectivity index (χ1n) is 15.1. The Bertz CT molecular complexity index is 1380. The molecule has 0 bridgehead atoms. The number of likely N-dealkylation sites (tertiary alicyclic amines) is 2. The second-order valence-corrected chi connectivity index (χ2v) is 12.9. The molecule has 1 aromatic carbocycles. The minimum absolute atomic E-state index is 0.226. The monoisotopic (exact) mass is 575 g/mol. The van der Waals surface area contributed by atoms with Crippen LogP contribution in [0.2, 0.25) is 0 Å². The minimum Gasteiger partial charge on any atom is -0.425 e. The highest BCUT2D eigenvalue weighted by Crippen LogP contribution is 2.42. The van der Waals surface area contributed by atoms with Crippen molar-refractivity contribution in [2.45, 2.75) is 77.7 Å². The van der Waals surface area contributed by atoms with Crippen LogP contribution in [0.5, 0.6) is 5.75 Å². The van der Waals surface area contributed by atoms with E-state index in [9.17, 15) is 28.8 Å². The highest BCUT2D eigenvalue weighted by atomic mass is 16.5. The summed E-state index contributed by atoms with van der Waals surface area (Å²) in [6, 6.07) is 4.91. The Morgan fingerprint density at radius 3 is 1.76 bits per heavy atom. The standard InChI is InChI=1S/C32H37N3O7/c1-18-15-32(2,3)35(26(36)16-33-28(38)20-8-4-5-9-21(20)29(33)39)25-13-12-19(14-24(18)25)42-27(37)17-34-30(40)22-10-6-7-11-23(22)31(34)41/h12-15,20-23H,4-11,16-17H2,1-3H3. The maximum atomic E-state index is 13.8. The molecule has 1 aromatic rings. The molecular formula is C32H37N3O7. The minimum atomic E-state index is -0.738. The van der Waals surface area contributed by atoms with E-state index >= 15 is 0 Å². The van der Waals surface area contributed by atoms with Gasteiger partial charge in [0.05, 0.1) is 34.9 Å². The number of carbonyl (C=O) groups excluding carboxylic acids is 6.